The van der Waals surface area contributed by atoms with Crippen molar-refractivity contribution in [2.45, 2.75) is 17.8 Å². The van der Waals surface area contributed by atoms with Gasteiger partial charge in [-0.05, 0) is 52.1 Å². The van der Waals surface area contributed by atoms with Crippen molar-refractivity contribution in [3.8, 4) is 22.6 Å². The molecule has 1 spiro atoms. The van der Waals surface area contributed by atoms with Crippen molar-refractivity contribution in [3.63, 3.8) is 0 Å². The third-order valence-corrected chi connectivity index (χ3v) is 9.45. The Morgan fingerprint density at radius 1 is 0.542 bits per heavy atom. The fraction of sp³-hybridized carbons (Fsp3) is 0.0732. The van der Waals surface area contributed by atoms with Gasteiger partial charge in [-0.15, -0.1) is 0 Å². The summed E-state index contributed by atoms with van der Waals surface area (Å²) in [4.78, 5) is 9.97. The van der Waals surface area contributed by atoms with Crippen LogP contribution >= 0.6 is 0 Å². The van der Waals surface area contributed by atoms with Crippen LogP contribution in [-0.4, -0.2) is 11.7 Å². The Labute approximate surface area is 274 Å². The molecule has 0 amide bonds. The average Bonchev–Trinajstić information content (AvgIpc) is 3.42. The van der Waals surface area contributed by atoms with Crippen molar-refractivity contribution >= 4 is 11.7 Å². The van der Waals surface area contributed by atoms with Gasteiger partial charge in [0.05, 0.1) is 11.0 Å². The Kier molecular flexibility index (Phi) is 6.21. The summed E-state index contributed by atoms with van der Waals surface area (Å²) in [5.74, 6) is 2.79. The van der Waals surface area contributed by atoms with Gasteiger partial charge in [-0.3, -0.25) is 0 Å². The Morgan fingerprint density at radius 3 is 1.79 bits per heavy atom. The number of nitrogens with zero attached hydrogens (tertiary/aromatic N) is 2. The van der Waals surface area contributed by atoms with Crippen LogP contribution in [0.15, 0.2) is 156 Å². The third-order valence-electron chi connectivity index (χ3n) is 9.45. The second kappa shape index (κ2) is 10.5. The van der Waals surface area contributed by atoms with Crippen LogP contribution < -0.4 is 10.1 Å². The first-order valence-electron chi connectivity index (χ1n) is 15.7. The molecule has 0 saturated heterocycles. The quantitative estimate of drug-likeness (QED) is 0.211. The second-order valence-electron chi connectivity index (χ2n) is 12.1. The van der Waals surface area contributed by atoms with Crippen LogP contribution in [0.5, 0.6) is 11.5 Å². The lowest BCUT2D eigenvalue weighted by Gasteiger charge is -2.39. The molecule has 0 radical (unpaired) electrons. The van der Waals surface area contributed by atoms with Crippen LogP contribution in [0.3, 0.4) is 0 Å². The van der Waals surface area contributed by atoms with E-state index >= 15 is 0 Å². The molecule has 6 aromatic carbocycles. The lowest BCUT2D eigenvalue weighted by Crippen LogP contribution is -2.36. The van der Waals surface area contributed by atoms with Crippen molar-refractivity contribution in [1.29, 1.82) is 0 Å². The van der Waals surface area contributed by atoms with Gasteiger partial charge in [0.2, 0.25) is 0 Å². The smallest absolute Gasteiger partial charge is 0.416 e. The van der Waals surface area contributed by atoms with Crippen molar-refractivity contribution in [3.05, 3.63) is 190 Å². The average molecular weight is 634 g/mol. The monoisotopic (exact) mass is 633 g/mol. The maximum absolute atomic E-state index is 13.4. The zero-order valence-electron chi connectivity index (χ0n) is 25.4. The van der Waals surface area contributed by atoms with Gasteiger partial charge in [-0.25, -0.2) is 9.98 Å². The summed E-state index contributed by atoms with van der Waals surface area (Å²) >= 11 is 0. The summed E-state index contributed by atoms with van der Waals surface area (Å²) < 4.78 is 46.8. The second-order valence-corrected chi connectivity index (χ2v) is 12.1. The number of nitrogens with one attached hydrogen (secondary N) is 1. The summed E-state index contributed by atoms with van der Waals surface area (Å²) in [5, 5.41) is 3.51. The van der Waals surface area contributed by atoms with E-state index in [1.54, 1.807) is 0 Å². The van der Waals surface area contributed by atoms with Crippen LogP contribution in [0.25, 0.3) is 11.1 Å². The molecule has 0 bridgehead atoms. The van der Waals surface area contributed by atoms with Gasteiger partial charge in [-0.2, -0.15) is 13.2 Å². The van der Waals surface area contributed by atoms with E-state index in [9.17, 15) is 13.2 Å². The molecule has 1 unspecified atom stereocenters. The van der Waals surface area contributed by atoms with Crippen LogP contribution in [0.2, 0.25) is 0 Å². The Hall–Kier alpha value is -5.95. The van der Waals surface area contributed by atoms with E-state index in [1.807, 2.05) is 78.9 Å². The van der Waals surface area contributed by atoms with E-state index in [1.165, 1.54) is 12.1 Å². The van der Waals surface area contributed by atoms with E-state index in [-0.39, 0.29) is 0 Å². The number of hydrogen-bond donors (Lipinski definition) is 1. The van der Waals surface area contributed by atoms with Gasteiger partial charge in [0, 0.05) is 22.3 Å². The highest BCUT2D eigenvalue weighted by molar-refractivity contribution is 6.18. The van der Waals surface area contributed by atoms with Gasteiger partial charge in [-0.1, -0.05) is 121 Å². The molecule has 3 aliphatic rings. The highest BCUT2D eigenvalue weighted by Gasteiger charge is 2.51. The molecule has 1 aliphatic carbocycles. The normalized spacial score (nSPS) is 16.8. The molecule has 2 aliphatic heterocycles. The molecule has 232 valence electrons. The first-order chi connectivity index (χ1) is 23.4. The maximum Gasteiger partial charge on any atom is 0.416 e. The number of rotatable bonds is 3. The standard InChI is InChI=1S/C41H26F3N3O/c42-41(43,44)27-23-21-26(22-24-27)38-45-37(25-11-2-1-3-12-25)46-39(47-38)29-14-10-18-33-36(29)28-13-4-5-15-30(28)40(33)31-16-6-8-19-34(31)48-35-20-9-7-17-32(35)40/h1-24,38H,(H,45,46,47). The molecular weight excluding hydrogens is 607 g/mol. The Morgan fingerprint density at radius 2 is 1.10 bits per heavy atom. The number of para-hydroxylation sites is 2. The van der Waals surface area contributed by atoms with E-state index in [4.69, 9.17) is 14.7 Å². The van der Waals surface area contributed by atoms with Crippen LogP contribution in [0.1, 0.15) is 50.7 Å². The molecule has 4 nitrogen and oxygen atoms in total. The van der Waals surface area contributed by atoms with E-state index in [0.29, 0.717) is 17.2 Å². The molecule has 0 fully saturated rings. The lowest BCUT2D eigenvalue weighted by molar-refractivity contribution is -0.137. The Bertz CT molecular complexity index is 2250. The predicted molar refractivity (Wildman–Crippen MR) is 181 cm³/mol. The van der Waals surface area contributed by atoms with Gasteiger partial charge in [0.1, 0.15) is 23.2 Å². The highest BCUT2D eigenvalue weighted by atomic mass is 19.4. The number of fused-ring (bicyclic) bond motifs is 9. The maximum atomic E-state index is 13.4. The van der Waals surface area contributed by atoms with Crippen molar-refractivity contribution in [2.75, 3.05) is 0 Å². The van der Waals surface area contributed by atoms with Crippen LogP contribution in [-0.2, 0) is 11.6 Å². The number of benzene rings is 6. The number of ether oxygens (including phenoxy) is 1. The SMILES string of the molecule is FC(F)(F)c1ccc(C2N=C(c3ccccc3)NC(c3cccc4c3-c3ccccc3C43c4ccccc4Oc4ccccc43)=N2)cc1. The van der Waals surface area contributed by atoms with E-state index in [0.717, 1.165) is 68.1 Å². The minimum Gasteiger partial charge on any atom is -0.457 e. The molecule has 9 rings (SSSR count). The fourth-order valence-electron chi connectivity index (χ4n) is 7.42. The Balaban J connectivity index is 1.28. The number of alkyl halides is 3. The largest absolute Gasteiger partial charge is 0.457 e. The predicted octanol–water partition coefficient (Wildman–Crippen LogP) is 9.67. The van der Waals surface area contributed by atoms with Crippen molar-refractivity contribution < 1.29 is 17.9 Å². The molecular formula is C41H26F3N3O. The summed E-state index contributed by atoms with van der Waals surface area (Å²) in [6.07, 6.45) is -5.20. The summed E-state index contributed by atoms with van der Waals surface area (Å²) in [5.41, 5.74) is 7.39. The molecule has 48 heavy (non-hydrogen) atoms. The number of halogens is 3. The first-order valence-corrected chi connectivity index (χ1v) is 15.7. The molecule has 0 aromatic heterocycles. The van der Waals surface area contributed by atoms with Gasteiger partial charge in [0.25, 0.3) is 0 Å². The van der Waals surface area contributed by atoms with Crippen molar-refractivity contribution in [2.24, 2.45) is 9.98 Å². The summed E-state index contributed by atoms with van der Waals surface area (Å²) in [7, 11) is 0. The van der Waals surface area contributed by atoms with E-state index in [2.05, 4.69) is 47.8 Å². The zero-order chi connectivity index (χ0) is 32.5. The number of amidine groups is 2. The van der Waals surface area contributed by atoms with Gasteiger partial charge in [0.15, 0.2) is 6.17 Å². The minimum absolute atomic E-state index is 0.562. The molecule has 7 heteroatoms. The molecule has 1 N–H and O–H groups in total. The molecule has 1 atom stereocenters. The highest BCUT2D eigenvalue weighted by Crippen LogP contribution is 2.62. The van der Waals surface area contributed by atoms with Gasteiger partial charge < -0.3 is 10.1 Å². The van der Waals surface area contributed by atoms with Crippen LogP contribution in [0, 0.1) is 0 Å². The fourth-order valence-corrected chi connectivity index (χ4v) is 7.42. The van der Waals surface area contributed by atoms with Crippen LogP contribution in [0.4, 0.5) is 13.2 Å². The molecule has 2 heterocycles. The topological polar surface area (TPSA) is 46.0 Å². The lowest BCUT2D eigenvalue weighted by atomic mass is 9.66. The summed E-state index contributed by atoms with van der Waals surface area (Å²) in [6.45, 7) is 0. The number of aliphatic imine (C=N–C) groups is 2. The summed E-state index contributed by atoms with van der Waals surface area (Å²) in [6, 6.07) is 45.9. The minimum atomic E-state index is -4.44. The van der Waals surface area contributed by atoms with Gasteiger partial charge >= 0.3 is 6.18 Å². The number of hydrogen-bond acceptors (Lipinski definition) is 4. The molecule has 0 saturated carbocycles. The third kappa shape index (κ3) is 4.17. The first kappa shape index (κ1) is 28.3. The molecule has 6 aromatic rings. The van der Waals surface area contributed by atoms with E-state index < -0.39 is 23.3 Å². The van der Waals surface area contributed by atoms with Crippen molar-refractivity contribution in [1.82, 2.24) is 5.32 Å². The zero-order valence-corrected chi connectivity index (χ0v) is 25.4.